The van der Waals surface area contributed by atoms with Crippen molar-refractivity contribution in [1.29, 1.82) is 5.26 Å². The lowest BCUT2D eigenvalue weighted by molar-refractivity contribution is -0.123. The van der Waals surface area contributed by atoms with Crippen molar-refractivity contribution in [3.05, 3.63) is 75.1 Å². The van der Waals surface area contributed by atoms with Gasteiger partial charge in [0.1, 0.15) is 11.9 Å². The van der Waals surface area contributed by atoms with Crippen molar-refractivity contribution in [2.75, 3.05) is 0 Å². The number of carbonyl (C=O) groups is 1. The van der Waals surface area contributed by atoms with E-state index in [2.05, 4.69) is 15.3 Å². The number of rotatable bonds is 4. The Labute approximate surface area is 162 Å². The highest BCUT2D eigenvalue weighted by Gasteiger charge is 2.53. The number of halogens is 3. The molecule has 1 saturated carbocycles. The van der Waals surface area contributed by atoms with Crippen LogP contribution in [0.25, 0.3) is 10.9 Å². The molecule has 9 heteroatoms. The van der Waals surface area contributed by atoms with Crippen LogP contribution in [0.4, 0.5) is 13.2 Å². The Morgan fingerprint density at radius 3 is 2.66 bits per heavy atom. The second-order valence-electron chi connectivity index (χ2n) is 6.86. The molecule has 0 atom stereocenters. The summed E-state index contributed by atoms with van der Waals surface area (Å²) in [6.07, 6.45) is 1.87. The first-order valence-corrected chi connectivity index (χ1v) is 8.70. The maximum Gasteiger partial charge on any atom is 0.252 e. The average molecular weight is 398 g/mol. The van der Waals surface area contributed by atoms with Crippen LogP contribution in [0, 0.1) is 28.8 Å². The van der Waals surface area contributed by atoms with E-state index in [9.17, 15) is 22.8 Å². The summed E-state index contributed by atoms with van der Waals surface area (Å²) >= 11 is 0. The Morgan fingerprint density at radius 1 is 1.24 bits per heavy atom. The molecule has 1 amide bonds. The van der Waals surface area contributed by atoms with Gasteiger partial charge in [-0.1, -0.05) is 0 Å². The van der Waals surface area contributed by atoms with E-state index >= 15 is 0 Å². The van der Waals surface area contributed by atoms with Crippen LogP contribution in [-0.4, -0.2) is 15.9 Å². The van der Waals surface area contributed by atoms with Crippen LogP contribution < -0.4 is 10.9 Å². The molecular weight excluding hydrogens is 385 g/mol. The van der Waals surface area contributed by atoms with Crippen molar-refractivity contribution in [3.8, 4) is 6.07 Å². The lowest BCUT2D eigenvalue weighted by atomic mass is 9.94. The summed E-state index contributed by atoms with van der Waals surface area (Å²) in [7, 11) is 0. The molecule has 3 aromatic rings. The quantitative estimate of drug-likeness (QED) is 0.706. The molecule has 2 N–H and O–H groups in total. The molecule has 1 aliphatic rings. The third-order valence-corrected chi connectivity index (χ3v) is 5.08. The topological polar surface area (TPSA) is 98.6 Å². The first-order valence-electron chi connectivity index (χ1n) is 8.70. The number of aromatic nitrogens is 2. The van der Waals surface area contributed by atoms with E-state index in [1.807, 2.05) is 0 Å². The number of amides is 1. The predicted molar refractivity (Wildman–Crippen MR) is 96.2 cm³/mol. The highest BCUT2D eigenvalue weighted by Crippen LogP contribution is 2.47. The zero-order valence-electron chi connectivity index (χ0n) is 14.9. The van der Waals surface area contributed by atoms with Crippen molar-refractivity contribution in [1.82, 2.24) is 15.3 Å². The Balaban J connectivity index is 1.63. The molecule has 2 heterocycles. The van der Waals surface area contributed by atoms with E-state index in [0.717, 1.165) is 12.1 Å². The van der Waals surface area contributed by atoms with Gasteiger partial charge in [-0.3, -0.25) is 14.6 Å². The van der Waals surface area contributed by atoms with Crippen LogP contribution in [0.5, 0.6) is 0 Å². The van der Waals surface area contributed by atoms with E-state index < -0.39 is 34.3 Å². The van der Waals surface area contributed by atoms with Crippen LogP contribution in [-0.2, 0) is 16.8 Å². The number of hydrogen-bond donors (Lipinski definition) is 2. The van der Waals surface area contributed by atoms with E-state index in [1.54, 1.807) is 6.07 Å². The number of pyridine rings is 2. The minimum absolute atomic E-state index is 0.0280. The number of fused-ring (bicyclic) bond motifs is 1. The minimum Gasteiger partial charge on any atom is -0.350 e. The molecule has 1 fully saturated rings. The third-order valence-electron chi connectivity index (χ3n) is 5.08. The van der Waals surface area contributed by atoms with Gasteiger partial charge < -0.3 is 10.3 Å². The molecule has 0 bridgehead atoms. The maximum atomic E-state index is 14.1. The molecule has 146 valence electrons. The number of aromatic amines is 1. The Hall–Kier alpha value is -3.67. The van der Waals surface area contributed by atoms with Crippen LogP contribution in [0.2, 0.25) is 0 Å². The molecule has 6 nitrogen and oxygen atoms in total. The van der Waals surface area contributed by atoms with Gasteiger partial charge >= 0.3 is 0 Å². The Morgan fingerprint density at radius 2 is 2.00 bits per heavy atom. The number of carbonyl (C=O) groups excluding carboxylic acids is 1. The monoisotopic (exact) mass is 398 g/mol. The number of nitrogens with zero attached hydrogens (tertiary/aromatic N) is 2. The summed E-state index contributed by atoms with van der Waals surface area (Å²) < 4.78 is 41.6. The highest BCUT2D eigenvalue weighted by atomic mass is 19.2. The Kier molecular flexibility index (Phi) is 4.34. The van der Waals surface area contributed by atoms with Gasteiger partial charge in [-0.05, 0) is 37.1 Å². The molecule has 4 rings (SSSR count). The fraction of sp³-hybridized carbons (Fsp3) is 0.200. The SMILES string of the molecule is N#Cc1cnc(CNC(=O)C2(c3cc4c(F)c(F)ccc4[nH]c3=O)CC2)c(F)c1. The summed E-state index contributed by atoms with van der Waals surface area (Å²) in [5.41, 5.74) is -1.62. The van der Waals surface area contributed by atoms with Crippen LogP contribution in [0.15, 0.2) is 35.3 Å². The largest absolute Gasteiger partial charge is 0.350 e. The first-order chi connectivity index (χ1) is 13.9. The highest BCUT2D eigenvalue weighted by molar-refractivity contribution is 5.92. The van der Waals surface area contributed by atoms with Gasteiger partial charge in [-0.2, -0.15) is 5.26 Å². The lowest BCUT2D eigenvalue weighted by Crippen LogP contribution is -2.38. The first kappa shape index (κ1) is 18.7. The van der Waals surface area contributed by atoms with E-state index in [1.165, 1.54) is 18.3 Å². The average Bonchev–Trinajstić information content (AvgIpc) is 3.51. The van der Waals surface area contributed by atoms with Crippen LogP contribution in [0.1, 0.15) is 29.7 Å². The number of H-pyrrole nitrogens is 1. The molecule has 0 aliphatic heterocycles. The summed E-state index contributed by atoms with van der Waals surface area (Å²) in [6, 6.07) is 6.12. The number of hydrogen-bond acceptors (Lipinski definition) is 4. The summed E-state index contributed by atoms with van der Waals surface area (Å²) in [6.45, 7) is -0.243. The molecular formula is C20H13F3N4O2. The zero-order valence-corrected chi connectivity index (χ0v) is 14.9. The van der Waals surface area contributed by atoms with Gasteiger partial charge in [0.05, 0.1) is 28.7 Å². The van der Waals surface area contributed by atoms with Crippen LogP contribution in [0.3, 0.4) is 0 Å². The van der Waals surface area contributed by atoms with Gasteiger partial charge in [-0.15, -0.1) is 0 Å². The second kappa shape index (κ2) is 6.74. The van der Waals surface area contributed by atoms with E-state index in [0.29, 0.717) is 12.8 Å². The smallest absolute Gasteiger partial charge is 0.252 e. The van der Waals surface area contributed by atoms with Gasteiger partial charge in [0, 0.05) is 17.1 Å². The van der Waals surface area contributed by atoms with E-state index in [-0.39, 0.29) is 34.3 Å². The van der Waals surface area contributed by atoms with Crippen molar-refractivity contribution in [3.63, 3.8) is 0 Å². The fourth-order valence-corrected chi connectivity index (χ4v) is 3.31. The summed E-state index contributed by atoms with van der Waals surface area (Å²) in [5.74, 6) is -3.45. The van der Waals surface area contributed by atoms with Crippen LogP contribution >= 0.6 is 0 Å². The molecule has 0 spiro atoms. The number of nitrogens with one attached hydrogen (secondary N) is 2. The maximum absolute atomic E-state index is 14.1. The standard InChI is InChI=1S/C20H13F3N4O2/c21-13-1-2-15-11(17(13)23)6-12(18(28)27-15)20(3-4-20)19(29)26-9-16-14(22)5-10(7-24)8-25-16/h1-2,5-6,8H,3-4,9H2,(H,26,29)(H,27,28). The van der Waals surface area contributed by atoms with Crippen molar-refractivity contribution in [2.45, 2.75) is 24.8 Å². The summed E-state index contributed by atoms with van der Waals surface area (Å²) in [4.78, 5) is 31.5. The molecule has 0 radical (unpaired) electrons. The molecule has 2 aromatic heterocycles. The molecule has 0 saturated heterocycles. The minimum atomic E-state index is -1.19. The molecule has 29 heavy (non-hydrogen) atoms. The predicted octanol–water partition coefficient (Wildman–Crippen LogP) is 2.56. The molecule has 0 unspecified atom stereocenters. The fourth-order valence-electron chi connectivity index (χ4n) is 3.31. The van der Waals surface area contributed by atoms with Gasteiger partial charge in [-0.25, -0.2) is 13.2 Å². The summed E-state index contributed by atoms with van der Waals surface area (Å²) in [5, 5.41) is 11.1. The second-order valence-corrected chi connectivity index (χ2v) is 6.86. The zero-order chi connectivity index (χ0) is 20.8. The normalized spacial score (nSPS) is 14.4. The number of nitriles is 1. The van der Waals surface area contributed by atoms with Crippen molar-refractivity contribution in [2.24, 2.45) is 0 Å². The van der Waals surface area contributed by atoms with Crippen molar-refractivity contribution >= 4 is 16.8 Å². The third kappa shape index (κ3) is 3.12. The van der Waals surface area contributed by atoms with Crippen molar-refractivity contribution < 1.29 is 18.0 Å². The Bertz CT molecular complexity index is 1260. The lowest BCUT2D eigenvalue weighted by Gasteiger charge is -2.16. The molecule has 1 aliphatic carbocycles. The molecule has 1 aromatic carbocycles. The van der Waals surface area contributed by atoms with Gasteiger partial charge in [0.25, 0.3) is 5.56 Å². The van der Waals surface area contributed by atoms with Gasteiger partial charge in [0.15, 0.2) is 11.6 Å². The number of benzene rings is 1. The van der Waals surface area contributed by atoms with E-state index in [4.69, 9.17) is 5.26 Å². The van der Waals surface area contributed by atoms with Gasteiger partial charge in [0.2, 0.25) is 5.91 Å².